The number of hydrogen-bond donors (Lipinski definition) is 1. The molecule has 0 aromatic heterocycles. The fourth-order valence-electron chi connectivity index (χ4n) is 3.11. The molecule has 0 aromatic rings. The molecule has 2 rings (SSSR count). The van der Waals surface area contributed by atoms with Gasteiger partial charge < -0.3 is 15.0 Å². The van der Waals surface area contributed by atoms with E-state index in [-0.39, 0.29) is 30.6 Å². The number of esters is 1. The quantitative estimate of drug-likeness (QED) is 0.794. The highest BCUT2D eigenvalue weighted by molar-refractivity contribution is 5.81. The second-order valence-corrected chi connectivity index (χ2v) is 5.57. The summed E-state index contributed by atoms with van der Waals surface area (Å²) in [7, 11) is 1.37. The molecule has 5 nitrogen and oxygen atoms in total. The van der Waals surface area contributed by atoms with Gasteiger partial charge in [0.2, 0.25) is 0 Å². The Labute approximate surface area is 114 Å². The van der Waals surface area contributed by atoms with Crippen LogP contribution in [0.1, 0.15) is 51.4 Å². The second kappa shape index (κ2) is 6.78. The Morgan fingerprint density at radius 3 is 2.26 bits per heavy atom. The van der Waals surface area contributed by atoms with Gasteiger partial charge in [0, 0.05) is 12.1 Å². The van der Waals surface area contributed by atoms with E-state index in [1.54, 1.807) is 4.90 Å². The lowest BCUT2D eigenvalue weighted by Gasteiger charge is -2.29. The molecule has 0 atom stereocenters. The summed E-state index contributed by atoms with van der Waals surface area (Å²) in [6.45, 7) is 0.0692. The first-order valence-corrected chi connectivity index (χ1v) is 7.34. The van der Waals surface area contributed by atoms with Gasteiger partial charge in [-0.3, -0.25) is 4.79 Å². The van der Waals surface area contributed by atoms with Crippen molar-refractivity contribution in [3.05, 3.63) is 0 Å². The highest BCUT2D eigenvalue weighted by Gasteiger charge is 2.30. The summed E-state index contributed by atoms with van der Waals surface area (Å²) in [5.74, 6) is -0.339. The average Bonchev–Trinajstić information content (AvgIpc) is 3.08. The van der Waals surface area contributed by atoms with Crippen LogP contribution in [0.4, 0.5) is 4.79 Å². The zero-order chi connectivity index (χ0) is 13.7. The molecule has 2 amide bonds. The smallest absolute Gasteiger partial charge is 0.325 e. The van der Waals surface area contributed by atoms with Crippen molar-refractivity contribution in [2.24, 2.45) is 0 Å². The Balaban J connectivity index is 1.93. The van der Waals surface area contributed by atoms with E-state index < -0.39 is 0 Å². The maximum Gasteiger partial charge on any atom is 0.325 e. The van der Waals surface area contributed by atoms with Crippen LogP contribution in [-0.2, 0) is 9.53 Å². The number of nitrogens with one attached hydrogen (secondary N) is 1. The summed E-state index contributed by atoms with van der Waals surface area (Å²) in [4.78, 5) is 25.5. The van der Waals surface area contributed by atoms with Gasteiger partial charge in [-0.15, -0.1) is 0 Å². The summed E-state index contributed by atoms with van der Waals surface area (Å²) in [5.41, 5.74) is 0. The minimum Gasteiger partial charge on any atom is -0.468 e. The molecule has 2 aliphatic carbocycles. The van der Waals surface area contributed by atoms with Crippen LogP contribution in [0.25, 0.3) is 0 Å². The third-order valence-electron chi connectivity index (χ3n) is 4.24. The molecule has 0 spiro atoms. The van der Waals surface area contributed by atoms with Crippen LogP contribution in [0, 0.1) is 0 Å². The van der Waals surface area contributed by atoms with E-state index in [4.69, 9.17) is 4.74 Å². The van der Waals surface area contributed by atoms with Crippen molar-refractivity contribution in [1.82, 2.24) is 10.2 Å². The number of rotatable bonds is 4. The van der Waals surface area contributed by atoms with E-state index >= 15 is 0 Å². The van der Waals surface area contributed by atoms with Crippen LogP contribution in [-0.4, -0.2) is 42.6 Å². The van der Waals surface area contributed by atoms with Gasteiger partial charge in [-0.25, -0.2) is 4.79 Å². The lowest BCUT2D eigenvalue weighted by atomic mass is 10.2. The number of methoxy groups -OCH3 is 1. The number of ether oxygens (including phenoxy) is 1. The lowest BCUT2D eigenvalue weighted by molar-refractivity contribution is -0.141. The molecule has 2 saturated carbocycles. The number of carbonyl (C=O) groups excluding carboxylic acids is 2. The van der Waals surface area contributed by atoms with Gasteiger partial charge in [0.25, 0.3) is 0 Å². The summed E-state index contributed by atoms with van der Waals surface area (Å²) in [5, 5.41) is 3.06. The Kier molecular flexibility index (Phi) is 5.05. The number of carbonyl (C=O) groups is 2. The topological polar surface area (TPSA) is 58.6 Å². The van der Waals surface area contributed by atoms with Gasteiger partial charge in [0.15, 0.2) is 0 Å². The van der Waals surface area contributed by atoms with Gasteiger partial charge in [0.1, 0.15) is 6.54 Å². The number of nitrogens with zero attached hydrogens (tertiary/aromatic N) is 1. The van der Waals surface area contributed by atoms with E-state index in [9.17, 15) is 9.59 Å². The summed E-state index contributed by atoms with van der Waals surface area (Å²) in [6, 6.07) is 0.388. The van der Waals surface area contributed by atoms with Crippen molar-refractivity contribution >= 4 is 12.0 Å². The average molecular weight is 268 g/mol. The molecule has 0 unspecified atom stereocenters. The number of urea groups is 1. The van der Waals surface area contributed by atoms with E-state index in [1.165, 1.54) is 20.0 Å². The van der Waals surface area contributed by atoms with Crippen molar-refractivity contribution in [2.75, 3.05) is 13.7 Å². The summed E-state index contributed by atoms with van der Waals surface area (Å²) < 4.78 is 4.70. The van der Waals surface area contributed by atoms with Crippen LogP contribution in [0.15, 0.2) is 0 Å². The maximum absolute atomic E-state index is 12.3. The standard InChI is InChI=1S/C14H24N2O3/c1-19-13(17)10-16(12-8-4-5-9-12)14(18)15-11-6-2-3-7-11/h11-12H,2-10H2,1H3,(H,15,18). The molecule has 1 N–H and O–H groups in total. The van der Waals surface area contributed by atoms with Gasteiger partial charge in [-0.1, -0.05) is 25.7 Å². The van der Waals surface area contributed by atoms with Crippen molar-refractivity contribution in [2.45, 2.75) is 63.5 Å². The molecule has 2 aliphatic rings. The van der Waals surface area contributed by atoms with Crippen LogP contribution in [0.5, 0.6) is 0 Å². The fourth-order valence-corrected chi connectivity index (χ4v) is 3.11. The SMILES string of the molecule is COC(=O)CN(C(=O)NC1CCCC1)C1CCCC1. The van der Waals surface area contributed by atoms with Crippen LogP contribution in [0.3, 0.4) is 0 Å². The second-order valence-electron chi connectivity index (χ2n) is 5.57. The Morgan fingerprint density at radius 1 is 1.11 bits per heavy atom. The van der Waals surface area contributed by atoms with Crippen LogP contribution >= 0.6 is 0 Å². The molecule has 0 radical (unpaired) electrons. The number of hydrogen-bond acceptors (Lipinski definition) is 3. The van der Waals surface area contributed by atoms with Gasteiger partial charge in [0.05, 0.1) is 7.11 Å². The zero-order valence-electron chi connectivity index (χ0n) is 11.7. The van der Waals surface area contributed by atoms with E-state index in [1.807, 2.05) is 0 Å². The number of amides is 2. The molecule has 108 valence electrons. The Hall–Kier alpha value is -1.26. The fraction of sp³-hybridized carbons (Fsp3) is 0.857. The molecule has 2 fully saturated rings. The molecule has 19 heavy (non-hydrogen) atoms. The van der Waals surface area contributed by atoms with Gasteiger partial charge in [-0.2, -0.15) is 0 Å². The van der Waals surface area contributed by atoms with Crippen molar-refractivity contribution < 1.29 is 14.3 Å². The first kappa shape index (κ1) is 14.2. The van der Waals surface area contributed by atoms with Crippen molar-refractivity contribution in [3.63, 3.8) is 0 Å². The van der Waals surface area contributed by atoms with Crippen molar-refractivity contribution in [3.8, 4) is 0 Å². The van der Waals surface area contributed by atoms with Crippen LogP contribution < -0.4 is 5.32 Å². The summed E-state index contributed by atoms with van der Waals surface area (Å²) >= 11 is 0. The molecule has 0 aromatic carbocycles. The highest BCUT2D eigenvalue weighted by atomic mass is 16.5. The van der Waals surface area contributed by atoms with Crippen molar-refractivity contribution in [1.29, 1.82) is 0 Å². The Bertz CT molecular complexity index is 321. The molecule has 0 saturated heterocycles. The zero-order valence-corrected chi connectivity index (χ0v) is 11.7. The Morgan fingerprint density at radius 2 is 1.68 bits per heavy atom. The monoisotopic (exact) mass is 268 g/mol. The minimum atomic E-state index is -0.339. The van der Waals surface area contributed by atoms with E-state index in [0.29, 0.717) is 0 Å². The molecule has 0 bridgehead atoms. The molecule has 0 aliphatic heterocycles. The van der Waals surface area contributed by atoms with E-state index in [2.05, 4.69) is 5.32 Å². The highest BCUT2D eigenvalue weighted by Crippen LogP contribution is 2.24. The molecule has 5 heteroatoms. The summed E-state index contributed by atoms with van der Waals surface area (Å²) in [6.07, 6.45) is 8.75. The normalized spacial score (nSPS) is 20.5. The maximum atomic E-state index is 12.3. The third kappa shape index (κ3) is 3.85. The van der Waals surface area contributed by atoms with Gasteiger partial charge in [-0.05, 0) is 25.7 Å². The third-order valence-corrected chi connectivity index (χ3v) is 4.24. The molecular formula is C14H24N2O3. The van der Waals surface area contributed by atoms with Gasteiger partial charge >= 0.3 is 12.0 Å². The largest absolute Gasteiger partial charge is 0.468 e. The lowest BCUT2D eigenvalue weighted by Crippen LogP contribution is -2.50. The van der Waals surface area contributed by atoms with Crippen LogP contribution in [0.2, 0.25) is 0 Å². The minimum absolute atomic E-state index is 0.0692. The van der Waals surface area contributed by atoms with E-state index in [0.717, 1.165) is 38.5 Å². The molecule has 0 heterocycles. The predicted octanol–water partition coefficient (Wildman–Crippen LogP) is 2.06. The first-order chi connectivity index (χ1) is 9.20. The molecular weight excluding hydrogens is 244 g/mol. The first-order valence-electron chi connectivity index (χ1n) is 7.34. The predicted molar refractivity (Wildman–Crippen MR) is 71.8 cm³/mol.